The SMILES string of the molecule is Cl.NS(=O)(=O)c1ccc(C(=O)N[C@H]2CN(CCO)C[C@@H]2C2CC2)cc1. The van der Waals surface area contributed by atoms with Gasteiger partial charge in [0.15, 0.2) is 0 Å². The van der Waals surface area contributed by atoms with Crippen molar-refractivity contribution in [1.82, 2.24) is 10.2 Å². The topological polar surface area (TPSA) is 113 Å². The van der Waals surface area contributed by atoms with Crippen molar-refractivity contribution in [2.24, 2.45) is 17.0 Å². The largest absolute Gasteiger partial charge is 0.395 e. The van der Waals surface area contributed by atoms with Gasteiger partial charge in [-0.15, -0.1) is 12.4 Å². The first-order valence-corrected chi connectivity index (χ1v) is 9.70. The lowest BCUT2D eigenvalue weighted by molar-refractivity contribution is 0.0927. The number of nitrogens with one attached hydrogen (secondary N) is 1. The Labute approximate surface area is 154 Å². The van der Waals surface area contributed by atoms with Crippen LogP contribution in [-0.4, -0.2) is 56.6 Å². The lowest BCUT2D eigenvalue weighted by atomic mass is 9.98. The Kier molecular flexibility index (Phi) is 6.45. The molecule has 2 aliphatic rings. The summed E-state index contributed by atoms with van der Waals surface area (Å²) in [7, 11) is -3.76. The number of carbonyl (C=O) groups excluding carboxylic acids is 1. The van der Waals surface area contributed by atoms with E-state index >= 15 is 0 Å². The van der Waals surface area contributed by atoms with Gasteiger partial charge in [0.05, 0.1) is 11.5 Å². The van der Waals surface area contributed by atoms with Crippen molar-refractivity contribution in [3.8, 4) is 0 Å². The standard InChI is InChI=1S/C16H23N3O4S.ClH/c17-24(22,23)13-5-3-12(4-6-13)16(21)18-15-10-19(7-8-20)9-14(15)11-1-2-11;/h3-6,11,14-15,20H,1-2,7-10H2,(H,18,21)(H2,17,22,23);1H/t14-,15+;/m1./s1. The summed E-state index contributed by atoms with van der Waals surface area (Å²) in [6, 6.07) is 5.70. The van der Waals surface area contributed by atoms with Crippen LogP contribution in [-0.2, 0) is 10.0 Å². The molecule has 1 aromatic carbocycles. The predicted octanol–water partition coefficient (Wildman–Crippen LogP) is 0.188. The minimum absolute atomic E-state index is 0. The van der Waals surface area contributed by atoms with Crippen molar-refractivity contribution in [1.29, 1.82) is 0 Å². The number of carbonyl (C=O) groups is 1. The molecule has 1 aromatic rings. The van der Waals surface area contributed by atoms with E-state index in [9.17, 15) is 13.2 Å². The zero-order valence-corrected chi connectivity index (χ0v) is 15.4. The molecule has 9 heteroatoms. The summed E-state index contributed by atoms with van der Waals surface area (Å²) in [5.74, 6) is 0.866. The molecule has 1 aliphatic heterocycles. The fourth-order valence-corrected chi connectivity index (χ4v) is 3.96. The molecular formula is C16H24ClN3O4S. The molecule has 0 bridgehead atoms. The van der Waals surface area contributed by atoms with Gasteiger partial charge in [-0.3, -0.25) is 9.69 Å². The summed E-state index contributed by atoms with van der Waals surface area (Å²) in [4.78, 5) is 14.6. The van der Waals surface area contributed by atoms with Crippen LogP contribution in [0.5, 0.6) is 0 Å². The maximum Gasteiger partial charge on any atom is 0.251 e. The van der Waals surface area contributed by atoms with E-state index < -0.39 is 10.0 Å². The van der Waals surface area contributed by atoms with Crippen molar-refractivity contribution in [3.63, 3.8) is 0 Å². The summed E-state index contributed by atoms with van der Waals surface area (Å²) in [6.45, 7) is 2.38. The first-order chi connectivity index (χ1) is 11.4. The van der Waals surface area contributed by atoms with Crippen LogP contribution in [0.25, 0.3) is 0 Å². The normalized spacial score (nSPS) is 23.9. The minimum atomic E-state index is -3.76. The molecule has 0 aromatic heterocycles. The highest BCUT2D eigenvalue weighted by Gasteiger charge is 2.42. The second-order valence-corrected chi connectivity index (χ2v) is 8.20. The second-order valence-electron chi connectivity index (χ2n) is 6.63. The van der Waals surface area contributed by atoms with Gasteiger partial charge < -0.3 is 10.4 Å². The Balaban J connectivity index is 0.00000225. The van der Waals surface area contributed by atoms with Crippen molar-refractivity contribution < 1.29 is 18.3 Å². The number of hydrogen-bond acceptors (Lipinski definition) is 5. The van der Waals surface area contributed by atoms with Crippen LogP contribution in [0.4, 0.5) is 0 Å². The Morgan fingerprint density at radius 3 is 2.40 bits per heavy atom. The Morgan fingerprint density at radius 2 is 1.88 bits per heavy atom. The number of primary sulfonamides is 1. The van der Waals surface area contributed by atoms with Gasteiger partial charge in [-0.25, -0.2) is 13.6 Å². The number of nitrogens with two attached hydrogens (primary N) is 1. The molecule has 25 heavy (non-hydrogen) atoms. The van der Waals surface area contributed by atoms with Crippen LogP contribution in [0.1, 0.15) is 23.2 Å². The molecule has 1 saturated carbocycles. The first-order valence-electron chi connectivity index (χ1n) is 8.15. The molecular weight excluding hydrogens is 366 g/mol. The number of likely N-dealkylation sites (tertiary alicyclic amines) is 1. The van der Waals surface area contributed by atoms with E-state index in [0.717, 1.165) is 13.1 Å². The number of β-amino-alcohol motifs (C(OH)–C–C–N with tert-alkyl or cyclic N) is 1. The number of amides is 1. The van der Waals surface area contributed by atoms with Gasteiger partial charge in [-0.1, -0.05) is 0 Å². The summed E-state index contributed by atoms with van der Waals surface area (Å²) in [6.07, 6.45) is 2.40. The van der Waals surface area contributed by atoms with Crippen LogP contribution in [0.15, 0.2) is 29.2 Å². The van der Waals surface area contributed by atoms with Crippen LogP contribution >= 0.6 is 12.4 Å². The monoisotopic (exact) mass is 389 g/mol. The first kappa shape index (κ1) is 20.1. The Morgan fingerprint density at radius 1 is 1.24 bits per heavy atom. The lowest BCUT2D eigenvalue weighted by Crippen LogP contribution is -2.41. The van der Waals surface area contributed by atoms with Crippen LogP contribution in [0.2, 0.25) is 0 Å². The van der Waals surface area contributed by atoms with E-state index in [0.29, 0.717) is 23.9 Å². The molecule has 3 rings (SSSR count). The molecule has 2 atom stereocenters. The number of benzene rings is 1. The zero-order valence-electron chi connectivity index (χ0n) is 13.8. The highest BCUT2D eigenvalue weighted by molar-refractivity contribution is 7.89. The van der Waals surface area contributed by atoms with Crippen molar-refractivity contribution >= 4 is 28.3 Å². The molecule has 7 nitrogen and oxygen atoms in total. The Hall–Kier alpha value is -1.19. The molecule has 0 spiro atoms. The third kappa shape index (κ3) is 4.92. The number of aliphatic hydroxyl groups excluding tert-OH is 1. The van der Waals surface area contributed by atoms with E-state index in [1.807, 2.05) is 0 Å². The van der Waals surface area contributed by atoms with E-state index in [4.69, 9.17) is 10.2 Å². The molecule has 1 amide bonds. The van der Waals surface area contributed by atoms with E-state index in [1.165, 1.54) is 37.1 Å². The average molecular weight is 390 g/mol. The van der Waals surface area contributed by atoms with E-state index in [1.54, 1.807) is 0 Å². The number of halogens is 1. The number of hydrogen-bond donors (Lipinski definition) is 3. The van der Waals surface area contributed by atoms with Crippen molar-refractivity contribution in [2.75, 3.05) is 26.2 Å². The predicted molar refractivity (Wildman–Crippen MR) is 96.1 cm³/mol. The Bertz CT molecular complexity index is 707. The molecule has 4 N–H and O–H groups in total. The molecule has 0 radical (unpaired) electrons. The maximum atomic E-state index is 12.5. The number of rotatable bonds is 6. The van der Waals surface area contributed by atoms with Gasteiger partial charge in [-0.05, 0) is 48.9 Å². The highest BCUT2D eigenvalue weighted by atomic mass is 35.5. The second kappa shape index (κ2) is 8.01. The van der Waals surface area contributed by atoms with Crippen molar-refractivity contribution in [2.45, 2.75) is 23.8 Å². The summed E-state index contributed by atoms with van der Waals surface area (Å²) < 4.78 is 22.5. The van der Waals surface area contributed by atoms with E-state index in [-0.39, 0.29) is 35.9 Å². The van der Waals surface area contributed by atoms with Gasteiger partial charge in [0, 0.05) is 31.2 Å². The molecule has 0 unspecified atom stereocenters. The van der Waals surface area contributed by atoms with Gasteiger partial charge in [0.2, 0.25) is 10.0 Å². The lowest BCUT2D eigenvalue weighted by Gasteiger charge is -2.19. The van der Waals surface area contributed by atoms with Crippen LogP contribution in [0, 0.1) is 11.8 Å². The minimum Gasteiger partial charge on any atom is -0.395 e. The van der Waals surface area contributed by atoms with Gasteiger partial charge in [0.1, 0.15) is 0 Å². The zero-order chi connectivity index (χ0) is 17.3. The number of sulfonamides is 1. The summed E-state index contributed by atoms with van der Waals surface area (Å²) in [5, 5.41) is 17.2. The fourth-order valence-electron chi connectivity index (χ4n) is 3.44. The van der Waals surface area contributed by atoms with E-state index in [2.05, 4.69) is 10.2 Å². The van der Waals surface area contributed by atoms with Crippen LogP contribution < -0.4 is 10.5 Å². The smallest absolute Gasteiger partial charge is 0.251 e. The summed E-state index contributed by atoms with van der Waals surface area (Å²) in [5.41, 5.74) is 0.414. The molecule has 2 fully saturated rings. The number of aliphatic hydroxyl groups is 1. The molecule has 1 heterocycles. The van der Waals surface area contributed by atoms with Gasteiger partial charge in [0.25, 0.3) is 5.91 Å². The van der Waals surface area contributed by atoms with Crippen molar-refractivity contribution in [3.05, 3.63) is 29.8 Å². The highest BCUT2D eigenvalue weighted by Crippen LogP contribution is 2.41. The molecule has 1 aliphatic carbocycles. The third-order valence-electron chi connectivity index (χ3n) is 4.85. The van der Waals surface area contributed by atoms with Crippen LogP contribution in [0.3, 0.4) is 0 Å². The third-order valence-corrected chi connectivity index (χ3v) is 5.78. The quantitative estimate of drug-likeness (QED) is 0.642. The van der Waals surface area contributed by atoms with Gasteiger partial charge in [-0.2, -0.15) is 0 Å². The maximum absolute atomic E-state index is 12.5. The molecule has 1 saturated heterocycles. The number of nitrogens with zero attached hydrogens (tertiary/aromatic N) is 1. The molecule has 140 valence electrons. The summed E-state index contributed by atoms with van der Waals surface area (Å²) >= 11 is 0. The van der Waals surface area contributed by atoms with Gasteiger partial charge >= 0.3 is 0 Å². The average Bonchev–Trinajstić information content (AvgIpc) is 3.30. The fraction of sp³-hybridized carbons (Fsp3) is 0.562.